The third-order valence-electron chi connectivity index (χ3n) is 4.94. The van der Waals surface area contributed by atoms with Gasteiger partial charge < -0.3 is 15.4 Å². The van der Waals surface area contributed by atoms with Gasteiger partial charge in [-0.25, -0.2) is 9.78 Å². The molecule has 13 heteroatoms. The first-order valence-electron chi connectivity index (χ1n) is 9.98. The normalized spacial score (nSPS) is 12.5. The standard InChI is InChI=1S/C21H19F3N8O2/c1-11-4-5-15-18(29-11)17(12(2)34-3)16(10-25-15)31-20(33)30-13-8-14(21(22,23)24)19(26-9-13)32-27-6-7-28-32/h4-10,12H,1-3H3,(H2,30,31,33)/t12-/m0/s1. The van der Waals surface area contributed by atoms with Crippen LogP contribution in [0, 0.1) is 6.92 Å². The third kappa shape index (κ3) is 4.64. The van der Waals surface area contributed by atoms with Crippen molar-refractivity contribution in [2.75, 3.05) is 17.7 Å². The number of hydrogen-bond acceptors (Lipinski definition) is 7. The highest BCUT2D eigenvalue weighted by molar-refractivity contribution is 6.01. The van der Waals surface area contributed by atoms with Gasteiger partial charge in [0.2, 0.25) is 0 Å². The van der Waals surface area contributed by atoms with Gasteiger partial charge in [-0.2, -0.15) is 23.4 Å². The number of nitrogens with one attached hydrogen (secondary N) is 2. The van der Waals surface area contributed by atoms with Gasteiger partial charge in [0.25, 0.3) is 0 Å². The maximum atomic E-state index is 13.6. The SMILES string of the molecule is CO[C@@H](C)c1c(NC(=O)Nc2cnc(-n3nccn3)c(C(F)(F)F)c2)cnc2ccc(C)nc12. The zero-order chi connectivity index (χ0) is 24.5. The van der Waals surface area contributed by atoms with Crippen LogP contribution < -0.4 is 10.6 Å². The lowest BCUT2D eigenvalue weighted by atomic mass is 10.1. The smallest absolute Gasteiger partial charge is 0.377 e. The molecule has 4 aromatic heterocycles. The van der Waals surface area contributed by atoms with Crippen molar-refractivity contribution in [2.45, 2.75) is 26.1 Å². The van der Waals surface area contributed by atoms with Crippen LogP contribution >= 0.6 is 0 Å². The number of methoxy groups -OCH3 is 1. The molecule has 0 unspecified atom stereocenters. The average molecular weight is 472 g/mol. The molecule has 0 saturated carbocycles. The van der Waals surface area contributed by atoms with Crippen LogP contribution in [0.4, 0.5) is 29.3 Å². The van der Waals surface area contributed by atoms with Crippen LogP contribution in [0.1, 0.15) is 29.8 Å². The Morgan fingerprint density at radius 1 is 1.12 bits per heavy atom. The molecular weight excluding hydrogens is 453 g/mol. The van der Waals surface area contributed by atoms with Crippen molar-refractivity contribution < 1.29 is 22.7 Å². The second-order valence-corrected chi connectivity index (χ2v) is 7.27. The molecule has 4 aromatic rings. The summed E-state index contributed by atoms with van der Waals surface area (Å²) in [5.41, 5.74) is 1.51. The Hall–Kier alpha value is -4.13. The molecule has 0 aliphatic rings. The Balaban J connectivity index is 1.64. The monoisotopic (exact) mass is 472 g/mol. The summed E-state index contributed by atoms with van der Waals surface area (Å²) in [4.78, 5) is 26.0. The number of aromatic nitrogens is 6. The van der Waals surface area contributed by atoms with Crippen LogP contribution in [0.25, 0.3) is 16.9 Å². The van der Waals surface area contributed by atoms with Crippen LogP contribution in [0.15, 0.2) is 43.0 Å². The number of ether oxygens (including phenoxy) is 1. The number of amides is 2. The summed E-state index contributed by atoms with van der Waals surface area (Å²) in [5.74, 6) is -0.514. The first-order valence-corrected chi connectivity index (χ1v) is 9.98. The molecule has 2 N–H and O–H groups in total. The lowest BCUT2D eigenvalue weighted by molar-refractivity contribution is -0.137. The van der Waals surface area contributed by atoms with Gasteiger partial charge in [-0.15, -0.1) is 4.80 Å². The molecule has 0 saturated heterocycles. The summed E-state index contributed by atoms with van der Waals surface area (Å²) in [6.07, 6.45) is -0.223. The van der Waals surface area contributed by atoms with Gasteiger partial charge in [-0.3, -0.25) is 9.97 Å². The molecule has 0 fully saturated rings. The minimum atomic E-state index is -4.75. The first kappa shape index (κ1) is 23.0. The summed E-state index contributed by atoms with van der Waals surface area (Å²) in [6.45, 7) is 3.60. The highest BCUT2D eigenvalue weighted by Gasteiger charge is 2.36. The minimum absolute atomic E-state index is 0.176. The number of urea groups is 1. The van der Waals surface area contributed by atoms with E-state index in [-0.39, 0.29) is 5.69 Å². The fourth-order valence-corrected chi connectivity index (χ4v) is 3.32. The summed E-state index contributed by atoms with van der Waals surface area (Å²) in [5, 5.41) is 12.4. The molecule has 0 aromatic carbocycles. The van der Waals surface area contributed by atoms with E-state index in [9.17, 15) is 18.0 Å². The van der Waals surface area contributed by atoms with E-state index in [2.05, 4.69) is 35.8 Å². The maximum Gasteiger partial charge on any atom is 0.420 e. The topological polar surface area (TPSA) is 120 Å². The van der Waals surface area contributed by atoms with E-state index in [0.29, 0.717) is 22.3 Å². The van der Waals surface area contributed by atoms with E-state index in [1.54, 1.807) is 13.0 Å². The number of nitrogens with zero attached hydrogens (tertiary/aromatic N) is 6. The number of halogens is 3. The van der Waals surface area contributed by atoms with Gasteiger partial charge in [0.05, 0.1) is 53.3 Å². The lowest BCUT2D eigenvalue weighted by Gasteiger charge is -2.18. The molecule has 10 nitrogen and oxygen atoms in total. The number of carbonyl (C=O) groups is 1. The molecule has 176 valence electrons. The Bertz CT molecular complexity index is 1340. The van der Waals surface area contributed by atoms with Gasteiger partial charge in [-0.1, -0.05) is 0 Å². The summed E-state index contributed by atoms with van der Waals surface area (Å²) in [6, 6.07) is 3.57. The molecular formula is C21H19F3N8O2. The fourth-order valence-electron chi connectivity index (χ4n) is 3.32. The molecule has 0 spiro atoms. The van der Waals surface area contributed by atoms with Crippen molar-refractivity contribution in [3.8, 4) is 5.82 Å². The molecule has 0 radical (unpaired) electrons. The minimum Gasteiger partial charge on any atom is -0.377 e. The number of carbonyl (C=O) groups excluding carboxylic acids is 1. The predicted molar refractivity (Wildman–Crippen MR) is 116 cm³/mol. The Kier molecular flexibility index (Phi) is 6.11. The van der Waals surface area contributed by atoms with Gasteiger partial charge in [0, 0.05) is 18.4 Å². The zero-order valence-corrected chi connectivity index (χ0v) is 18.3. The quantitative estimate of drug-likeness (QED) is 0.445. The van der Waals surface area contributed by atoms with Crippen LogP contribution in [-0.4, -0.2) is 43.1 Å². The fraction of sp³-hybridized carbons (Fsp3) is 0.238. The predicted octanol–water partition coefficient (Wildman–Crippen LogP) is 4.28. The van der Waals surface area contributed by atoms with E-state index in [1.165, 1.54) is 25.7 Å². The third-order valence-corrected chi connectivity index (χ3v) is 4.94. The van der Waals surface area contributed by atoms with E-state index in [1.807, 2.05) is 13.0 Å². The first-order chi connectivity index (χ1) is 16.2. The highest BCUT2D eigenvalue weighted by atomic mass is 19.4. The number of fused-ring (bicyclic) bond motifs is 1. The Morgan fingerprint density at radius 3 is 2.53 bits per heavy atom. The van der Waals surface area contributed by atoms with Crippen molar-refractivity contribution >= 4 is 28.4 Å². The number of anilines is 2. The maximum absolute atomic E-state index is 13.6. The van der Waals surface area contributed by atoms with Gasteiger partial charge in [0.1, 0.15) is 5.56 Å². The molecule has 0 aliphatic carbocycles. The van der Waals surface area contributed by atoms with Gasteiger partial charge in [-0.05, 0) is 32.0 Å². The molecule has 0 bridgehead atoms. The van der Waals surface area contributed by atoms with Crippen molar-refractivity contribution in [3.63, 3.8) is 0 Å². The molecule has 2 amide bonds. The van der Waals surface area contributed by atoms with E-state index < -0.39 is 29.7 Å². The van der Waals surface area contributed by atoms with Crippen LogP contribution in [0.5, 0.6) is 0 Å². The number of aryl methyl sites for hydroxylation is 1. The second kappa shape index (κ2) is 9.02. The van der Waals surface area contributed by atoms with E-state index in [0.717, 1.165) is 22.8 Å². The number of rotatable bonds is 5. The molecule has 4 heterocycles. The summed E-state index contributed by atoms with van der Waals surface area (Å²) < 4.78 is 46.2. The molecule has 0 aliphatic heterocycles. The second-order valence-electron chi connectivity index (χ2n) is 7.27. The van der Waals surface area contributed by atoms with Crippen molar-refractivity contribution in [3.05, 3.63) is 59.8 Å². The van der Waals surface area contributed by atoms with Crippen molar-refractivity contribution in [1.29, 1.82) is 0 Å². The van der Waals surface area contributed by atoms with Crippen LogP contribution in [0.2, 0.25) is 0 Å². The Morgan fingerprint density at radius 2 is 1.85 bits per heavy atom. The van der Waals surface area contributed by atoms with Crippen molar-refractivity contribution in [1.82, 2.24) is 29.9 Å². The van der Waals surface area contributed by atoms with E-state index >= 15 is 0 Å². The van der Waals surface area contributed by atoms with Crippen LogP contribution in [0.3, 0.4) is 0 Å². The lowest BCUT2D eigenvalue weighted by Crippen LogP contribution is -2.22. The largest absolute Gasteiger partial charge is 0.420 e. The number of hydrogen-bond donors (Lipinski definition) is 2. The highest BCUT2D eigenvalue weighted by Crippen LogP contribution is 2.34. The summed E-state index contributed by atoms with van der Waals surface area (Å²) in [7, 11) is 1.51. The average Bonchev–Trinajstić information content (AvgIpc) is 3.32. The molecule has 34 heavy (non-hydrogen) atoms. The zero-order valence-electron chi connectivity index (χ0n) is 18.3. The molecule has 1 atom stereocenters. The van der Waals surface area contributed by atoms with E-state index in [4.69, 9.17) is 4.74 Å². The van der Waals surface area contributed by atoms with Crippen LogP contribution in [-0.2, 0) is 10.9 Å². The summed E-state index contributed by atoms with van der Waals surface area (Å²) >= 11 is 0. The number of alkyl halides is 3. The van der Waals surface area contributed by atoms with Crippen molar-refractivity contribution in [2.24, 2.45) is 0 Å². The van der Waals surface area contributed by atoms with Gasteiger partial charge in [0.15, 0.2) is 5.82 Å². The number of pyridine rings is 3. The Labute approximate surface area is 191 Å². The van der Waals surface area contributed by atoms with Gasteiger partial charge >= 0.3 is 12.2 Å². The molecule has 4 rings (SSSR count).